The molecule has 1 heterocycles. The maximum Gasteiger partial charge on any atom is 0.573 e. The molecular formula is C13H7ClF3NO3. The number of aromatic nitrogens is 1. The van der Waals surface area contributed by atoms with Crippen LogP contribution in [0.1, 0.15) is 10.4 Å². The Morgan fingerprint density at radius 2 is 1.86 bits per heavy atom. The first-order valence-corrected chi connectivity index (χ1v) is 5.91. The van der Waals surface area contributed by atoms with Gasteiger partial charge in [0, 0.05) is 5.56 Å². The highest BCUT2D eigenvalue weighted by atomic mass is 35.5. The summed E-state index contributed by atoms with van der Waals surface area (Å²) < 4.78 is 41.1. The van der Waals surface area contributed by atoms with Crippen molar-refractivity contribution in [2.45, 2.75) is 6.36 Å². The molecule has 2 rings (SSSR count). The summed E-state index contributed by atoms with van der Waals surface area (Å²) in [5, 5.41) is 9.05. The Morgan fingerprint density at radius 3 is 2.48 bits per heavy atom. The lowest BCUT2D eigenvalue weighted by atomic mass is 10.0. The molecule has 4 nitrogen and oxygen atoms in total. The number of nitrogens with zero attached hydrogens (tertiary/aromatic N) is 1. The number of hydrogen-bond donors (Lipinski definition) is 1. The van der Waals surface area contributed by atoms with Crippen molar-refractivity contribution in [3.8, 4) is 17.0 Å². The van der Waals surface area contributed by atoms with E-state index in [0.717, 1.165) is 12.1 Å². The summed E-state index contributed by atoms with van der Waals surface area (Å²) in [6.45, 7) is 0. The fourth-order valence-corrected chi connectivity index (χ4v) is 1.84. The fourth-order valence-electron chi connectivity index (χ4n) is 1.69. The van der Waals surface area contributed by atoms with Gasteiger partial charge < -0.3 is 9.84 Å². The van der Waals surface area contributed by atoms with Gasteiger partial charge in [-0.2, -0.15) is 0 Å². The number of carboxylic acid groups (broad SMARTS) is 1. The number of benzene rings is 1. The Bertz CT molecular complexity index is 689. The highest BCUT2D eigenvalue weighted by molar-refractivity contribution is 6.29. The molecule has 0 amide bonds. The molecule has 0 saturated heterocycles. The molecule has 1 aromatic carbocycles. The minimum atomic E-state index is -4.90. The van der Waals surface area contributed by atoms with Crippen LogP contribution >= 0.6 is 11.6 Å². The van der Waals surface area contributed by atoms with E-state index in [-0.39, 0.29) is 22.0 Å². The molecule has 0 radical (unpaired) electrons. The molecule has 0 atom stereocenters. The van der Waals surface area contributed by atoms with E-state index in [4.69, 9.17) is 16.7 Å². The first-order chi connectivity index (χ1) is 9.78. The topological polar surface area (TPSA) is 59.4 Å². The Labute approximate surface area is 121 Å². The number of aromatic carboxylic acids is 1. The number of halogens is 4. The van der Waals surface area contributed by atoms with Crippen molar-refractivity contribution in [3.05, 3.63) is 47.1 Å². The molecule has 0 aliphatic heterocycles. The Morgan fingerprint density at radius 1 is 1.19 bits per heavy atom. The zero-order valence-corrected chi connectivity index (χ0v) is 10.9. The van der Waals surface area contributed by atoms with E-state index in [9.17, 15) is 18.0 Å². The van der Waals surface area contributed by atoms with Gasteiger partial charge in [0.05, 0.1) is 11.3 Å². The van der Waals surface area contributed by atoms with Gasteiger partial charge in [0.25, 0.3) is 0 Å². The van der Waals surface area contributed by atoms with Crippen molar-refractivity contribution in [1.29, 1.82) is 0 Å². The molecule has 1 aromatic heterocycles. The molecule has 1 N–H and O–H groups in total. The maximum absolute atomic E-state index is 12.4. The SMILES string of the molecule is O=C(O)c1ccc(Cl)nc1-c1ccccc1OC(F)(F)F. The molecule has 0 aliphatic carbocycles. The van der Waals surface area contributed by atoms with E-state index in [1.54, 1.807) is 0 Å². The Kier molecular flexibility index (Phi) is 4.04. The summed E-state index contributed by atoms with van der Waals surface area (Å²) in [6, 6.07) is 7.50. The summed E-state index contributed by atoms with van der Waals surface area (Å²) in [7, 11) is 0. The van der Waals surface area contributed by atoms with Gasteiger partial charge in [0.2, 0.25) is 0 Å². The van der Waals surface area contributed by atoms with Crippen LogP contribution < -0.4 is 4.74 Å². The molecule has 0 unspecified atom stereocenters. The third-order valence-electron chi connectivity index (χ3n) is 2.46. The number of para-hydroxylation sites is 1. The van der Waals surface area contributed by atoms with Gasteiger partial charge in [-0.25, -0.2) is 9.78 Å². The highest BCUT2D eigenvalue weighted by Crippen LogP contribution is 2.34. The molecule has 0 saturated carbocycles. The van der Waals surface area contributed by atoms with E-state index in [1.165, 1.54) is 24.3 Å². The van der Waals surface area contributed by atoms with Gasteiger partial charge in [0.1, 0.15) is 10.9 Å². The molecule has 8 heteroatoms. The first kappa shape index (κ1) is 15.1. The predicted octanol–water partition coefficient (Wildman–Crippen LogP) is 4.00. The number of carbonyl (C=O) groups is 1. The summed E-state index contributed by atoms with van der Waals surface area (Å²) in [5.41, 5.74) is -0.595. The van der Waals surface area contributed by atoms with Crippen LogP contribution in [0.3, 0.4) is 0 Å². The van der Waals surface area contributed by atoms with Crippen LogP contribution in [0, 0.1) is 0 Å². The van der Waals surface area contributed by atoms with E-state index < -0.39 is 18.1 Å². The van der Waals surface area contributed by atoms with Crippen molar-refractivity contribution in [2.75, 3.05) is 0 Å². The lowest BCUT2D eigenvalue weighted by Crippen LogP contribution is -2.18. The van der Waals surface area contributed by atoms with Crippen LogP contribution in [-0.4, -0.2) is 22.4 Å². The third kappa shape index (κ3) is 3.63. The molecular weight excluding hydrogens is 311 g/mol. The van der Waals surface area contributed by atoms with Crippen molar-refractivity contribution in [2.24, 2.45) is 0 Å². The van der Waals surface area contributed by atoms with Crippen LogP contribution in [-0.2, 0) is 0 Å². The van der Waals surface area contributed by atoms with Crippen LogP contribution in [0.2, 0.25) is 5.15 Å². The molecule has 110 valence electrons. The number of rotatable bonds is 3. The molecule has 0 bridgehead atoms. The lowest BCUT2D eigenvalue weighted by molar-refractivity contribution is -0.274. The average molecular weight is 318 g/mol. The van der Waals surface area contributed by atoms with Gasteiger partial charge in [-0.3, -0.25) is 0 Å². The second-order valence-electron chi connectivity index (χ2n) is 3.88. The van der Waals surface area contributed by atoms with Crippen molar-refractivity contribution in [1.82, 2.24) is 4.98 Å². The second-order valence-corrected chi connectivity index (χ2v) is 4.27. The highest BCUT2D eigenvalue weighted by Gasteiger charge is 2.32. The monoisotopic (exact) mass is 317 g/mol. The van der Waals surface area contributed by atoms with Crippen LogP contribution in [0.4, 0.5) is 13.2 Å². The zero-order valence-electron chi connectivity index (χ0n) is 10.2. The van der Waals surface area contributed by atoms with E-state index in [2.05, 4.69) is 9.72 Å². The van der Waals surface area contributed by atoms with E-state index >= 15 is 0 Å². The second kappa shape index (κ2) is 5.61. The molecule has 2 aromatic rings. The number of alkyl halides is 3. The van der Waals surface area contributed by atoms with Crippen molar-refractivity contribution >= 4 is 17.6 Å². The van der Waals surface area contributed by atoms with E-state index in [0.29, 0.717) is 0 Å². The van der Waals surface area contributed by atoms with Crippen LogP contribution in [0.5, 0.6) is 5.75 Å². The Balaban J connectivity index is 2.62. The number of ether oxygens (including phenoxy) is 1. The number of carboxylic acids is 1. The zero-order chi connectivity index (χ0) is 15.6. The maximum atomic E-state index is 12.4. The smallest absolute Gasteiger partial charge is 0.478 e. The predicted molar refractivity (Wildman–Crippen MR) is 68.3 cm³/mol. The van der Waals surface area contributed by atoms with Gasteiger partial charge in [-0.15, -0.1) is 13.2 Å². The average Bonchev–Trinajstić information content (AvgIpc) is 2.37. The lowest BCUT2D eigenvalue weighted by Gasteiger charge is -2.14. The normalized spacial score (nSPS) is 11.2. The number of pyridine rings is 1. The molecule has 0 spiro atoms. The van der Waals surface area contributed by atoms with Crippen molar-refractivity contribution < 1.29 is 27.8 Å². The quantitative estimate of drug-likeness (QED) is 0.869. The largest absolute Gasteiger partial charge is 0.573 e. The molecule has 0 fully saturated rings. The molecule has 21 heavy (non-hydrogen) atoms. The summed E-state index contributed by atoms with van der Waals surface area (Å²) in [4.78, 5) is 14.9. The standard InChI is InChI=1S/C13H7ClF3NO3/c14-10-6-5-8(12(19)20)11(18-10)7-3-1-2-4-9(7)21-13(15,16)17/h1-6H,(H,19,20). The third-order valence-corrected chi connectivity index (χ3v) is 2.67. The van der Waals surface area contributed by atoms with E-state index in [1.807, 2.05) is 0 Å². The van der Waals surface area contributed by atoms with Crippen LogP contribution in [0.15, 0.2) is 36.4 Å². The van der Waals surface area contributed by atoms with Gasteiger partial charge in [0.15, 0.2) is 0 Å². The minimum Gasteiger partial charge on any atom is -0.478 e. The van der Waals surface area contributed by atoms with Gasteiger partial charge in [-0.1, -0.05) is 23.7 Å². The first-order valence-electron chi connectivity index (χ1n) is 5.53. The van der Waals surface area contributed by atoms with Gasteiger partial charge >= 0.3 is 12.3 Å². The van der Waals surface area contributed by atoms with Gasteiger partial charge in [-0.05, 0) is 24.3 Å². The Hall–Kier alpha value is -2.28. The minimum absolute atomic E-state index is 0.0446. The molecule has 0 aliphatic rings. The van der Waals surface area contributed by atoms with Crippen molar-refractivity contribution in [3.63, 3.8) is 0 Å². The fraction of sp³-hybridized carbons (Fsp3) is 0.0769. The van der Waals surface area contributed by atoms with Crippen LogP contribution in [0.25, 0.3) is 11.3 Å². The summed E-state index contributed by atoms with van der Waals surface area (Å²) in [5.74, 6) is -1.89. The summed E-state index contributed by atoms with van der Waals surface area (Å²) in [6.07, 6.45) is -4.90. The number of hydrogen-bond acceptors (Lipinski definition) is 3. The summed E-state index contributed by atoms with van der Waals surface area (Å²) >= 11 is 5.69.